The van der Waals surface area contributed by atoms with Crippen molar-refractivity contribution in [3.05, 3.63) is 0 Å². The molecule has 0 bridgehead atoms. The van der Waals surface area contributed by atoms with Crippen LogP contribution in [0.5, 0.6) is 0 Å². The zero-order valence-corrected chi connectivity index (χ0v) is 14.4. The number of hydrogen-bond donors (Lipinski definition) is 1. The molecule has 1 amide bonds. The number of carbonyl (C=O) groups excluding carboxylic acids is 1. The Hall–Kier alpha value is -0.570. The van der Waals surface area contributed by atoms with Gasteiger partial charge < -0.3 is 4.90 Å². The maximum Gasteiger partial charge on any atom is 0.241 e. The number of nitrogens with one attached hydrogen (secondary N) is 1. The number of nitrogens with zero attached hydrogens (tertiary/aromatic N) is 1. The summed E-state index contributed by atoms with van der Waals surface area (Å²) in [6, 6.07) is 0.530. The number of rotatable bonds is 6. The summed E-state index contributed by atoms with van der Waals surface area (Å²) in [5.74, 6) is 1.64. The molecule has 1 aliphatic carbocycles. The second kappa shape index (κ2) is 7.62. The fraction of sp³-hybridized carbons (Fsp3) is 0.944. The van der Waals surface area contributed by atoms with Crippen molar-refractivity contribution in [2.24, 2.45) is 11.8 Å². The van der Waals surface area contributed by atoms with E-state index in [1.54, 1.807) is 0 Å². The number of amides is 1. The Balaban J connectivity index is 2.11. The molecule has 1 N–H and O–H groups in total. The average molecular weight is 294 g/mol. The van der Waals surface area contributed by atoms with Crippen LogP contribution >= 0.6 is 0 Å². The van der Waals surface area contributed by atoms with E-state index in [-0.39, 0.29) is 12.2 Å². The largest absolute Gasteiger partial charge is 0.323 e. The highest BCUT2D eigenvalue weighted by Crippen LogP contribution is 2.34. The van der Waals surface area contributed by atoms with Crippen molar-refractivity contribution in [1.82, 2.24) is 10.2 Å². The van der Waals surface area contributed by atoms with Gasteiger partial charge in [-0.25, -0.2) is 0 Å². The van der Waals surface area contributed by atoms with Gasteiger partial charge in [0.05, 0.1) is 12.2 Å². The predicted molar refractivity (Wildman–Crippen MR) is 88.0 cm³/mol. The zero-order valence-electron chi connectivity index (χ0n) is 14.4. The first-order valence-corrected chi connectivity index (χ1v) is 9.20. The van der Waals surface area contributed by atoms with Crippen LogP contribution in [0.4, 0.5) is 0 Å². The molecular formula is C18H34N2O. The van der Waals surface area contributed by atoms with E-state index in [0.717, 1.165) is 25.2 Å². The van der Waals surface area contributed by atoms with Crippen LogP contribution in [-0.2, 0) is 4.79 Å². The molecule has 1 saturated carbocycles. The third-order valence-electron chi connectivity index (χ3n) is 5.73. The lowest BCUT2D eigenvalue weighted by molar-refractivity contribution is -0.134. The molecule has 21 heavy (non-hydrogen) atoms. The summed E-state index contributed by atoms with van der Waals surface area (Å²) in [4.78, 5) is 15.2. The van der Waals surface area contributed by atoms with Gasteiger partial charge >= 0.3 is 0 Å². The molecule has 122 valence electrons. The van der Waals surface area contributed by atoms with E-state index in [1.807, 2.05) is 0 Å². The molecule has 0 radical (unpaired) electrons. The fourth-order valence-electron chi connectivity index (χ4n) is 4.13. The summed E-state index contributed by atoms with van der Waals surface area (Å²) in [7, 11) is 0. The molecule has 3 heteroatoms. The lowest BCUT2D eigenvalue weighted by Crippen LogP contribution is -2.46. The van der Waals surface area contributed by atoms with E-state index in [9.17, 15) is 4.79 Å². The summed E-state index contributed by atoms with van der Waals surface area (Å²) in [5.41, 5.74) is 0. The number of hydrogen-bond acceptors (Lipinski definition) is 2. The summed E-state index contributed by atoms with van der Waals surface area (Å²) < 4.78 is 0. The van der Waals surface area contributed by atoms with Crippen molar-refractivity contribution in [3.63, 3.8) is 0 Å². The third kappa shape index (κ3) is 3.61. The SMILES string of the molecule is CCCC1NC(C(C)CC)C(=O)N1C1CCCC(CC)C1. The van der Waals surface area contributed by atoms with Crippen LogP contribution in [0, 0.1) is 11.8 Å². The van der Waals surface area contributed by atoms with E-state index in [2.05, 4.69) is 37.9 Å². The minimum Gasteiger partial charge on any atom is -0.323 e. The maximum atomic E-state index is 12.9. The average Bonchev–Trinajstić information content (AvgIpc) is 2.83. The molecule has 2 aliphatic rings. The van der Waals surface area contributed by atoms with Gasteiger partial charge in [0.15, 0.2) is 0 Å². The minimum absolute atomic E-state index is 0.0496. The van der Waals surface area contributed by atoms with Crippen LogP contribution < -0.4 is 5.32 Å². The Morgan fingerprint density at radius 2 is 2.05 bits per heavy atom. The fourth-order valence-corrected chi connectivity index (χ4v) is 4.13. The van der Waals surface area contributed by atoms with Gasteiger partial charge in [0.25, 0.3) is 0 Å². The van der Waals surface area contributed by atoms with Crippen LogP contribution in [-0.4, -0.2) is 29.1 Å². The topological polar surface area (TPSA) is 32.3 Å². The number of carbonyl (C=O) groups is 1. The first kappa shape index (κ1) is 16.8. The molecule has 1 heterocycles. The summed E-state index contributed by atoms with van der Waals surface area (Å²) in [5, 5.41) is 3.65. The Morgan fingerprint density at radius 3 is 2.67 bits per heavy atom. The lowest BCUT2D eigenvalue weighted by atomic mass is 9.83. The second-order valence-electron chi connectivity index (χ2n) is 7.17. The standard InChI is InChI=1S/C18H34N2O/c1-5-9-16-19-17(13(4)6-2)18(21)20(16)15-11-8-10-14(7-3)12-15/h13-17,19H,5-12H2,1-4H3. The van der Waals surface area contributed by atoms with Gasteiger partial charge in [-0.15, -0.1) is 0 Å². The summed E-state index contributed by atoms with van der Waals surface area (Å²) >= 11 is 0. The van der Waals surface area contributed by atoms with Crippen LogP contribution in [0.25, 0.3) is 0 Å². The Labute approximate surface area is 130 Å². The quantitative estimate of drug-likeness (QED) is 0.805. The summed E-state index contributed by atoms with van der Waals surface area (Å²) in [6.07, 6.45) is 9.91. The Morgan fingerprint density at radius 1 is 1.29 bits per heavy atom. The first-order valence-electron chi connectivity index (χ1n) is 9.20. The normalized spacial score (nSPS) is 35.2. The van der Waals surface area contributed by atoms with Gasteiger partial charge in [-0.2, -0.15) is 0 Å². The molecule has 0 aromatic heterocycles. The second-order valence-corrected chi connectivity index (χ2v) is 7.17. The lowest BCUT2D eigenvalue weighted by Gasteiger charge is -2.38. The van der Waals surface area contributed by atoms with Gasteiger partial charge in [0.2, 0.25) is 5.91 Å². The van der Waals surface area contributed by atoms with Crippen LogP contribution in [0.3, 0.4) is 0 Å². The van der Waals surface area contributed by atoms with Crippen molar-refractivity contribution in [2.75, 3.05) is 0 Å². The van der Waals surface area contributed by atoms with Gasteiger partial charge in [0, 0.05) is 6.04 Å². The van der Waals surface area contributed by atoms with Crippen LogP contribution in [0.15, 0.2) is 0 Å². The van der Waals surface area contributed by atoms with Crippen molar-refractivity contribution < 1.29 is 4.79 Å². The highest BCUT2D eigenvalue weighted by Gasteiger charge is 2.44. The molecule has 2 fully saturated rings. The molecule has 1 aliphatic heterocycles. The van der Waals surface area contributed by atoms with Gasteiger partial charge in [0.1, 0.15) is 0 Å². The Kier molecular flexibility index (Phi) is 6.09. The molecule has 3 nitrogen and oxygen atoms in total. The zero-order chi connectivity index (χ0) is 15.4. The van der Waals surface area contributed by atoms with E-state index in [4.69, 9.17) is 0 Å². The maximum absolute atomic E-state index is 12.9. The predicted octanol–water partition coefficient (Wildman–Crippen LogP) is 3.93. The van der Waals surface area contributed by atoms with Crippen LogP contribution in [0.1, 0.15) is 79.1 Å². The first-order chi connectivity index (χ1) is 10.1. The van der Waals surface area contributed by atoms with Crippen molar-refractivity contribution >= 4 is 5.91 Å². The van der Waals surface area contributed by atoms with Crippen molar-refractivity contribution in [3.8, 4) is 0 Å². The monoisotopic (exact) mass is 294 g/mol. The molecule has 0 aromatic rings. The molecular weight excluding hydrogens is 260 g/mol. The highest BCUT2D eigenvalue weighted by atomic mass is 16.2. The van der Waals surface area contributed by atoms with Gasteiger partial charge in [-0.05, 0) is 31.1 Å². The molecule has 1 saturated heterocycles. The summed E-state index contributed by atoms with van der Waals surface area (Å²) in [6.45, 7) is 8.90. The third-order valence-corrected chi connectivity index (χ3v) is 5.73. The van der Waals surface area contributed by atoms with Crippen molar-refractivity contribution in [1.29, 1.82) is 0 Å². The molecule has 2 rings (SSSR count). The van der Waals surface area contributed by atoms with E-state index in [0.29, 0.717) is 17.9 Å². The smallest absolute Gasteiger partial charge is 0.241 e. The highest BCUT2D eigenvalue weighted by molar-refractivity contribution is 5.85. The van der Waals surface area contributed by atoms with E-state index in [1.165, 1.54) is 32.1 Å². The minimum atomic E-state index is 0.0496. The molecule has 0 aromatic carbocycles. The van der Waals surface area contributed by atoms with Crippen molar-refractivity contribution in [2.45, 2.75) is 97.3 Å². The molecule has 0 spiro atoms. The molecule has 5 unspecified atom stereocenters. The van der Waals surface area contributed by atoms with Gasteiger partial charge in [-0.3, -0.25) is 10.1 Å². The van der Waals surface area contributed by atoms with Gasteiger partial charge in [-0.1, -0.05) is 59.8 Å². The van der Waals surface area contributed by atoms with Crippen LogP contribution in [0.2, 0.25) is 0 Å². The van der Waals surface area contributed by atoms with E-state index >= 15 is 0 Å². The molecule has 5 atom stereocenters. The Bertz CT molecular complexity index is 344. The van der Waals surface area contributed by atoms with E-state index < -0.39 is 0 Å².